The Balaban J connectivity index is 1.48. The van der Waals surface area contributed by atoms with Gasteiger partial charge in [-0.2, -0.15) is 0 Å². The molecule has 0 N–H and O–H groups in total. The summed E-state index contributed by atoms with van der Waals surface area (Å²) in [5.41, 5.74) is 4.10. The predicted molar refractivity (Wildman–Crippen MR) is 111 cm³/mol. The fraction of sp³-hybridized carbons (Fsp3) is 0.391. The maximum absolute atomic E-state index is 12.4. The molecule has 0 bridgehead atoms. The first kappa shape index (κ1) is 21.5. The van der Waals surface area contributed by atoms with Crippen LogP contribution < -0.4 is 0 Å². The first-order valence-electron chi connectivity index (χ1n) is 10.1. The van der Waals surface area contributed by atoms with Crippen LogP contribution in [0.1, 0.15) is 67.8 Å². The van der Waals surface area contributed by atoms with Gasteiger partial charge in [0.05, 0.1) is 11.1 Å². The Morgan fingerprint density at radius 2 is 1.70 bits per heavy atom. The number of rotatable bonds is 8. The highest BCUT2D eigenvalue weighted by Gasteiger charge is 2.35. The Labute approximate surface area is 175 Å². The van der Waals surface area contributed by atoms with Crippen molar-refractivity contribution in [2.24, 2.45) is 0 Å². The zero-order valence-corrected chi connectivity index (χ0v) is 17.8. The van der Waals surface area contributed by atoms with Crippen molar-refractivity contribution >= 4 is 23.6 Å². The Bertz CT molecular complexity index is 1030. The Morgan fingerprint density at radius 3 is 2.37 bits per heavy atom. The van der Waals surface area contributed by atoms with Crippen molar-refractivity contribution in [2.75, 3.05) is 13.2 Å². The van der Waals surface area contributed by atoms with Gasteiger partial charge in [-0.05, 0) is 52.3 Å². The summed E-state index contributed by atoms with van der Waals surface area (Å²) in [7, 11) is 0. The third-order valence-corrected chi connectivity index (χ3v) is 5.44. The minimum absolute atomic E-state index is 0.0215. The predicted octanol–water partition coefficient (Wildman–Crippen LogP) is 3.24. The summed E-state index contributed by atoms with van der Waals surface area (Å²) in [6, 6.07) is 6.95. The van der Waals surface area contributed by atoms with Crippen LogP contribution in [-0.4, -0.2) is 46.2 Å². The average molecular weight is 410 g/mol. The van der Waals surface area contributed by atoms with Crippen LogP contribution in [0.2, 0.25) is 0 Å². The van der Waals surface area contributed by atoms with Gasteiger partial charge in [0, 0.05) is 36.5 Å². The van der Waals surface area contributed by atoms with Crippen LogP contribution in [-0.2, 0) is 16.1 Å². The van der Waals surface area contributed by atoms with Gasteiger partial charge in [0.15, 0.2) is 6.61 Å². The van der Waals surface area contributed by atoms with E-state index in [1.54, 1.807) is 24.3 Å². The third-order valence-electron chi connectivity index (χ3n) is 5.44. The number of carbonyl (C=O) groups excluding carboxylic acids is 4. The molecule has 158 valence electrons. The number of carbonyl (C=O) groups is 4. The maximum atomic E-state index is 12.4. The molecule has 0 aliphatic carbocycles. The van der Waals surface area contributed by atoms with Gasteiger partial charge in [-0.15, -0.1) is 0 Å². The Kier molecular flexibility index (Phi) is 6.20. The van der Waals surface area contributed by atoms with Gasteiger partial charge in [0.2, 0.25) is 5.78 Å². The number of imide groups is 1. The number of esters is 1. The molecule has 3 rings (SSSR count). The second kappa shape index (κ2) is 8.65. The van der Waals surface area contributed by atoms with Crippen molar-refractivity contribution in [1.29, 1.82) is 0 Å². The summed E-state index contributed by atoms with van der Waals surface area (Å²) < 4.78 is 7.13. The number of aryl methyl sites for hydroxylation is 2. The van der Waals surface area contributed by atoms with Gasteiger partial charge in [0.25, 0.3) is 11.8 Å². The molecule has 7 heteroatoms. The van der Waals surface area contributed by atoms with Crippen LogP contribution in [0.15, 0.2) is 24.3 Å². The molecule has 1 aromatic heterocycles. The standard InChI is InChI=1S/C23H26N2O5/c1-5-24-15(3)12-18(16(24)4)20(26)13-30-21(27)7-6-10-25-22(28)17-9-8-14(2)11-19(17)23(25)29/h8-9,11-12H,5-7,10,13H2,1-4H3. The smallest absolute Gasteiger partial charge is 0.306 e. The molecule has 1 aliphatic rings. The van der Waals surface area contributed by atoms with E-state index >= 15 is 0 Å². The molecular weight excluding hydrogens is 384 g/mol. The van der Waals surface area contributed by atoms with Crippen LogP contribution in [0.5, 0.6) is 0 Å². The molecular formula is C23H26N2O5. The van der Waals surface area contributed by atoms with E-state index in [9.17, 15) is 19.2 Å². The zero-order valence-electron chi connectivity index (χ0n) is 17.8. The van der Waals surface area contributed by atoms with E-state index in [2.05, 4.69) is 0 Å². The fourth-order valence-electron chi connectivity index (χ4n) is 3.86. The summed E-state index contributed by atoms with van der Waals surface area (Å²) in [6.07, 6.45) is 0.301. The van der Waals surface area contributed by atoms with Gasteiger partial charge in [0.1, 0.15) is 0 Å². The molecule has 2 aromatic rings. The van der Waals surface area contributed by atoms with E-state index in [0.717, 1.165) is 28.4 Å². The first-order chi connectivity index (χ1) is 14.2. The monoisotopic (exact) mass is 410 g/mol. The molecule has 0 atom stereocenters. The van der Waals surface area contributed by atoms with Gasteiger partial charge in [-0.25, -0.2) is 0 Å². The number of benzene rings is 1. The van der Waals surface area contributed by atoms with Gasteiger partial charge >= 0.3 is 5.97 Å². The Hall–Kier alpha value is -3.22. The molecule has 0 unspecified atom stereocenters. The molecule has 0 spiro atoms. The number of hydrogen-bond acceptors (Lipinski definition) is 5. The molecule has 2 heterocycles. The van der Waals surface area contributed by atoms with E-state index < -0.39 is 5.97 Å². The second-order valence-corrected chi connectivity index (χ2v) is 7.53. The van der Waals surface area contributed by atoms with E-state index in [1.807, 2.05) is 32.3 Å². The number of nitrogens with zero attached hydrogens (tertiary/aromatic N) is 2. The van der Waals surface area contributed by atoms with Crippen molar-refractivity contribution in [3.8, 4) is 0 Å². The highest BCUT2D eigenvalue weighted by Crippen LogP contribution is 2.24. The number of ketones is 1. The number of ether oxygens (including phenoxy) is 1. The largest absolute Gasteiger partial charge is 0.457 e. The summed E-state index contributed by atoms with van der Waals surface area (Å²) >= 11 is 0. The minimum atomic E-state index is -0.528. The van der Waals surface area contributed by atoms with Crippen LogP contribution in [0.3, 0.4) is 0 Å². The van der Waals surface area contributed by atoms with Crippen LogP contribution in [0.4, 0.5) is 0 Å². The van der Waals surface area contributed by atoms with Crippen LogP contribution in [0.25, 0.3) is 0 Å². The lowest BCUT2D eigenvalue weighted by Crippen LogP contribution is -2.31. The van der Waals surface area contributed by atoms with E-state index in [0.29, 0.717) is 16.7 Å². The quantitative estimate of drug-likeness (QED) is 0.379. The zero-order chi connectivity index (χ0) is 22.0. The molecule has 7 nitrogen and oxygen atoms in total. The van der Waals surface area contributed by atoms with Crippen molar-refractivity contribution < 1.29 is 23.9 Å². The van der Waals surface area contributed by atoms with Crippen LogP contribution >= 0.6 is 0 Å². The lowest BCUT2D eigenvalue weighted by Gasteiger charge is -2.13. The SMILES string of the molecule is CCn1c(C)cc(C(=O)COC(=O)CCCN2C(=O)c3ccc(C)cc3C2=O)c1C. The number of hydrogen-bond donors (Lipinski definition) is 0. The number of fused-ring (bicyclic) bond motifs is 1. The normalized spacial score (nSPS) is 13.0. The maximum Gasteiger partial charge on any atom is 0.306 e. The molecule has 0 fully saturated rings. The van der Waals surface area contributed by atoms with E-state index in [-0.39, 0.29) is 43.6 Å². The number of aromatic nitrogens is 1. The molecule has 1 aromatic carbocycles. The van der Waals surface area contributed by atoms with Crippen molar-refractivity contribution in [1.82, 2.24) is 9.47 Å². The summed E-state index contributed by atoms with van der Waals surface area (Å²) in [6.45, 7) is 8.24. The van der Waals surface area contributed by atoms with Crippen molar-refractivity contribution in [3.05, 3.63) is 57.9 Å². The number of amides is 2. The summed E-state index contributed by atoms with van der Waals surface area (Å²) in [5, 5.41) is 0. The molecule has 0 radical (unpaired) electrons. The molecule has 1 aliphatic heterocycles. The van der Waals surface area contributed by atoms with E-state index in [4.69, 9.17) is 4.74 Å². The average Bonchev–Trinajstić information content (AvgIpc) is 3.13. The lowest BCUT2D eigenvalue weighted by molar-refractivity contribution is -0.142. The first-order valence-corrected chi connectivity index (χ1v) is 10.1. The summed E-state index contributed by atoms with van der Waals surface area (Å²) in [4.78, 5) is 50.4. The number of Topliss-reactive ketones (excluding diaryl/α,β-unsaturated/α-hetero) is 1. The molecule has 0 saturated heterocycles. The topological polar surface area (TPSA) is 85.7 Å². The lowest BCUT2D eigenvalue weighted by atomic mass is 10.1. The van der Waals surface area contributed by atoms with Gasteiger partial charge in [-0.1, -0.05) is 11.6 Å². The highest BCUT2D eigenvalue weighted by molar-refractivity contribution is 6.21. The highest BCUT2D eigenvalue weighted by atomic mass is 16.5. The molecule has 2 amide bonds. The second-order valence-electron chi connectivity index (χ2n) is 7.53. The van der Waals surface area contributed by atoms with Crippen LogP contribution in [0, 0.1) is 20.8 Å². The van der Waals surface area contributed by atoms with Gasteiger partial charge in [-0.3, -0.25) is 24.1 Å². The molecule has 0 saturated carbocycles. The Morgan fingerprint density at radius 1 is 1.00 bits per heavy atom. The fourth-order valence-corrected chi connectivity index (χ4v) is 3.86. The minimum Gasteiger partial charge on any atom is -0.457 e. The molecule has 30 heavy (non-hydrogen) atoms. The summed E-state index contributed by atoms with van der Waals surface area (Å²) in [5.74, 6) is -1.45. The third kappa shape index (κ3) is 4.06. The van der Waals surface area contributed by atoms with E-state index in [1.165, 1.54) is 0 Å². The van der Waals surface area contributed by atoms with Gasteiger partial charge < -0.3 is 9.30 Å². The van der Waals surface area contributed by atoms with Crippen molar-refractivity contribution in [2.45, 2.75) is 47.1 Å². The van der Waals surface area contributed by atoms with Crippen molar-refractivity contribution in [3.63, 3.8) is 0 Å².